The van der Waals surface area contributed by atoms with Gasteiger partial charge in [0.2, 0.25) is 0 Å². The lowest BCUT2D eigenvalue weighted by Gasteiger charge is -2.19. The second-order valence-electron chi connectivity index (χ2n) is 13.9. The standard InChI is InChI=1S/C43H78NO8P/c1-3-5-7-9-11-13-15-17-19-20-22-24-26-28-30-32-34-36-43(46)52-41(40-51-53(47,48)50-38-37-44)39-49-42(45)35-33-31-29-27-25-23-21-18-16-14-12-10-8-6-4-2/h13,15,19-20,24,26,30,32,41H,3-12,14,16-18,21-23,25,27-29,31,33-40,44H2,1-2H3,(H,47,48). The molecule has 9 nitrogen and oxygen atoms in total. The molecule has 2 atom stereocenters. The van der Waals surface area contributed by atoms with Crippen molar-refractivity contribution in [2.45, 2.75) is 187 Å². The fourth-order valence-electron chi connectivity index (χ4n) is 5.58. The molecule has 0 heterocycles. The van der Waals surface area contributed by atoms with Gasteiger partial charge in [-0.25, -0.2) is 4.57 Å². The average molecular weight is 768 g/mol. The topological polar surface area (TPSA) is 134 Å². The van der Waals surface area contributed by atoms with Gasteiger partial charge in [0.1, 0.15) is 6.61 Å². The normalized spacial score (nSPS) is 13.8. The zero-order valence-electron chi connectivity index (χ0n) is 33.7. The van der Waals surface area contributed by atoms with Gasteiger partial charge in [-0.05, 0) is 44.9 Å². The van der Waals surface area contributed by atoms with Crippen LogP contribution < -0.4 is 5.73 Å². The highest BCUT2D eigenvalue weighted by molar-refractivity contribution is 7.47. The Hall–Kier alpha value is -2.03. The van der Waals surface area contributed by atoms with E-state index < -0.39 is 32.5 Å². The Balaban J connectivity index is 4.28. The summed E-state index contributed by atoms with van der Waals surface area (Å²) in [6.07, 6.45) is 44.4. The zero-order valence-corrected chi connectivity index (χ0v) is 34.6. The van der Waals surface area contributed by atoms with Crippen molar-refractivity contribution >= 4 is 19.8 Å². The number of hydrogen-bond donors (Lipinski definition) is 2. The number of ether oxygens (including phenoxy) is 2. The van der Waals surface area contributed by atoms with E-state index in [1.807, 2.05) is 12.2 Å². The Bertz CT molecular complexity index is 1010. The number of hydrogen-bond acceptors (Lipinski definition) is 8. The maximum Gasteiger partial charge on any atom is 0.472 e. The first-order valence-electron chi connectivity index (χ1n) is 21.1. The lowest BCUT2D eigenvalue weighted by atomic mass is 10.0. The van der Waals surface area contributed by atoms with Crippen LogP contribution in [-0.4, -0.2) is 49.3 Å². The number of phosphoric acid groups is 1. The SMILES string of the molecule is CCCCCCC=CCC=CCC=CCC=CCCC(=O)OC(COC(=O)CCCCCCCCCCCCCCCCC)COP(=O)(O)OCCN. The maximum absolute atomic E-state index is 12.5. The summed E-state index contributed by atoms with van der Waals surface area (Å²) in [6.45, 7) is 3.63. The lowest BCUT2D eigenvalue weighted by Crippen LogP contribution is -2.29. The predicted octanol–water partition coefficient (Wildman–Crippen LogP) is 11.9. The van der Waals surface area contributed by atoms with Gasteiger partial charge in [-0.15, -0.1) is 0 Å². The smallest absolute Gasteiger partial charge is 0.462 e. The van der Waals surface area contributed by atoms with E-state index in [9.17, 15) is 19.0 Å². The van der Waals surface area contributed by atoms with E-state index in [1.54, 1.807) is 0 Å². The number of carbonyl (C=O) groups is 2. The van der Waals surface area contributed by atoms with Crippen molar-refractivity contribution in [2.24, 2.45) is 5.73 Å². The third-order valence-electron chi connectivity index (χ3n) is 8.73. The molecule has 3 N–H and O–H groups in total. The summed E-state index contributed by atoms with van der Waals surface area (Å²) in [5, 5.41) is 0. The molecule has 0 aromatic rings. The second-order valence-corrected chi connectivity index (χ2v) is 15.3. The molecule has 0 fully saturated rings. The summed E-state index contributed by atoms with van der Waals surface area (Å²) in [5.41, 5.74) is 5.34. The molecule has 0 aliphatic heterocycles. The first-order chi connectivity index (χ1) is 25.8. The Morgan fingerprint density at radius 1 is 0.566 bits per heavy atom. The highest BCUT2D eigenvalue weighted by Crippen LogP contribution is 2.43. The van der Waals surface area contributed by atoms with Crippen LogP contribution in [0.25, 0.3) is 0 Å². The van der Waals surface area contributed by atoms with Crippen LogP contribution in [0.2, 0.25) is 0 Å². The van der Waals surface area contributed by atoms with Gasteiger partial charge in [0, 0.05) is 19.4 Å². The number of phosphoric ester groups is 1. The van der Waals surface area contributed by atoms with Gasteiger partial charge >= 0.3 is 19.8 Å². The third-order valence-corrected chi connectivity index (χ3v) is 9.72. The molecule has 0 bridgehead atoms. The maximum atomic E-state index is 12.5. The molecule has 308 valence electrons. The monoisotopic (exact) mass is 768 g/mol. The van der Waals surface area contributed by atoms with Crippen LogP contribution in [0, 0.1) is 0 Å². The van der Waals surface area contributed by atoms with Gasteiger partial charge in [0.05, 0.1) is 13.2 Å². The van der Waals surface area contributed by atoms with Crippen LogP contribution in [0.1, 0.15) is 181 Å². The van der Waals surface area contributed by atoms with Crippen molar-refractivity contribution in [1.29, 1.82) is 0 Å². The van der Waals surface area contributed by atoms with E-state index in [2.05, 4.69) is 50.3 Å². The lowest BCUT2D eigenvalue weighted by molar-refractivity contribution is -0.161. The molecule has 0 saturated heterocycles. The molecule has 0 rings (SSSR count). The molecule has 53 heavy (non-hydrogen) atoms. The first-order valence-corrected chi connectivity index (χ1v) is 22.6. The number of esters is 2. The van der Waals surface area contributed by atoms with Gasteiger partial charge in [0.15, 0.2) is 6.10 Å². The number of rotatable bonds is 39. The molecule has 0 aromatic carbocycles. The van der Waals surface area contributed by atoms with Crippen LogP contribution in [0.4, 0.5) is 0 Å². The number of allylic oxidation sites excluding steroid dienone is 8. The van der Waals surface area contributed by atoms with Gasteiger partial charge in [-0.2, -0.15) is 0 Å². The van der Waals surface area contributed by atoms with Gasteiger partial charge in [-0.3, -0.25) is 18.6 Å². The molecule has 0 aliphatic carbocycles. The molecule has 0 aliphatic rings. The highest BCUT2D eigenvalue weighted by atomic mass is 31.2. The van der Waals surface area contributed by atoms with E-state index >= 15 is 0 Å². The summed E-state index contributed by atoms with van der Waals surface area (Å²) < 4.78 is 32.6. The average Bonchev–Trinajstić information content (AvgIpc) is 3.14. The Kier molecular flexibility index (Phi) is 38.1. The van der Waals surface area contributed by atoms with Crippen molar-refractivity contribution in [3.8, 4) is 0 Å². The van der Waals surface area contributed by atoms with Gasteiger partial charge < -0.3 is 20.1 Å². The van der Waals surface area contributed by atoms with Crippen molar-refractivity contribution in [2.75, 3.05) is 26.4 Å². The van der Waals surface area contributed by atoms with Crippen molar-refractivity contribution < 1.29 is 37.6 Å². The van der Waals surface area contributed by atoms with Crippen LogP contribution in [0.15, 0.2) is 48.6 Å². The highest BCUT2D eigenvalue weighted by Gasteiger charge is 2.25. The first kappa shape index (κ1) is 51.0. The number of unbranched alkanes of at least 4 members (excludes halogenated alkanes) is 18. The molecule has 0 radical (unpaired) electrons. The largest absolute Gasteiger partial charge is 0.472 e. The van der Waals surface area contributed by atoms with E-state index in [-0.39, 0.29) is 32.6 Å². The van der Waals surface area contributed by atoms with Gasteiger partial charge in [0.25, 0.3) is 0 Å². The third kappa shape index (κ3) is 39.5. The minimum absolute atomic E-state index is 0.0424. The molecule has 2 unspecified atom stereocenters. The quantitative estimate of drug-likeness (QED) is 0.0271. The molecule has 0 spiro atoms. The van der Waals surface area contributed by atoms with Crippen LogP contribution in [-0.2, 0) is 32.7 Å². The predicted molar refractivity (Wildman–Crippen MR) is 220 cm³/mol. The Morgan fingerprint density at radius 2 is 1.02 bits per heavy atom. The minimum Gasteiger partial charge on any atom is -0.462 e. The molecular weight excluding hydrogens is 689 g/mol. The van der Waals surface area contributed by atoms with Crippen LogP contribution >= 0.6 is 7.82 Å². The number of nitrogens with two attached hydrogens (primary N) is 1. The van der Waals surface area contributed by atoms with E-state index in [0.717, 1.165) is 38.5 Å². The van der Waals surface area contributed by atoms with E-state index in [0.29, 0.717) is 6.42 Å². The summed E-state index contributed by atoms with van der Waals surface area (Å²) in [7, 11) is -4.39. The fourth-order valence-corrected chi connectivity index (χ4v) is 6.35. The molecule has 0 saturated carbocycles. The minimum atomic E-state index is -4.39. The summed E-state index contributed by atoms with van der Waals surface area (Å²) >= 11 is 0. The van der Waals surface area contributed by atoms with Crippen molar-refractivity contribution in [1.82, 2.24) is 0 Å². The summed E-state index contributed by atoms with van der Waals surface area (Å²) in [4.78, 5) is 34.8. The van der Waals surface area contributed by atoms with E-state index in [4.69, 9.17) is 24.3 Å². The number of carbonyl (C=O) groups excluding carboxylic acids is 2. The van der Waals surface area contributed by atoms with Crippen molar-refractivity contribution in [3.05, 3.63) is 48.6 Å². The molecule has 0 aromatic heterocycles. The van der Waals surface area contributed by atoms with E-state index in [1.165, 1.54) is 109 Å². The molecular formula is C43H78NO8P. The molecule has 0 amide bonds. The Morgan fingerprint density at radius 3 is 1.53 bits per heavy atom. The fraction of sp³-hybridized carbons (Fsp3) is 0.767. The van der Waals surface area contributed by atoms with Gasteiger partial charge in [-0.1, -0.05) is 172 Å². The summed E-state index contributed by atoms with van der Waals surface area (Å²) in [6, 6.07) is 0. The van der Waals surface area contributed by atoms with Crippen LogP contribution in [0.3, 0.4) is 0 Å². The van der Waals surface area contributed by atoms with Crippen LogP contribution in [0.5, 0.6) is 0 Å². The summed E-state index contributed by atoms with van der Waals surface area (Å²) in [5.74, 6) is -0.920. The second kappa shape index (κ2) is 39.7. The Labute approximate surface area is 324 Å². The van der Waals surface area contributed by atoms with Crippen molar-refractivity contribution in [3.63, 3.8) is 0 Å². The zero-order chi connectivity index (χ0) is 38.9. The molecule has 10 heteroatoms.